The fourth-order valence-electron chi connectivity index (χ4n) is 1.14. The van der Waals surface area contributed by atoms with Crippen LogP contribution in [0.25, 0.3) is 0 Å². The zero-order valence-corrected chi connectivity index (χ0v) is 12.1. The first-order valence-corrected chi connectivity index (χ1v) is 6.48. The van der Waals surface area contributed by atoms with Crippen LogP contribution in [0, 0.1) is 6.92 Å². The van der Waals surface area contributed by atoms with E-state index in [1.807, 2.05) is 27.7 Å². The number of benzene rings is 1. The van der Waals surface area contributed by atoms with E-state index in [0.29, 0.717) is 6.42 Å². The van der Waals surface area contributed by atoms with Gasteiger partial charge in [-0.2, -0.15) is 0 Å². The Hall–Kier alpha value is -1.31. The molecule has 1 aromatic rings. The summed E-state index contributed by atoms with van der Waals surface area (Å²) in [6, 6.07) is 8.27. The van der Waals surface area contributed by atoms with Gasteiger partial charge in [0.1, 0.15) is 0 Å². The summed E-state index contributed by atoms with van der Waals surface area (Å²) in [6.45, 7) is 10.1. The van der Waals surface area contributed by atoms with Gasteiger partial charge in [-0.1, -0.05) is 57.5 Å². The van der Waals surface area contributed by atoms with Gasteiger partial charge in [0.05, 0.1) is 0 Å². The maximum atomic E-state index is 10.9. The molecular weight excluding hydrogens is 210 g/mol. The van der Waals surface area contributed by atoms with Gasteiger partial charge < -0.3 is 5.32 Å². The van der Waals surface area contributed by atoms with E-state index in [1.165, 1.54) is 11.1 Å². The topological polar surface area (TPSA) is 29.1 Å². The van der Waals surface area contributed by atoms with Gasteiger partial charge in [0.2, 0.25) is 5.91 Å². The number of carbonyl (C=O) groups excluding carboxylic acids is 1. The molecule has 1 aromatic carbocycles. The zero-order chi connectivity index (χ0) is 13.7. The van der Waals surface area contributed by atoms with Crippen LogP contribution in [-0.2, 0) is 11.2 Å². The van der Waals surface area contributed by atoms with Crippen LogP contribution < -0.4 is 5.32 Å². The fraction of sp³-hybridized carbons (Fsp3) is 0.533. The van der Waals surface area contributed by atoms with Crippen LogP contribution in [0.3, 0.4) is 0 Å². The van der Waals surface area contributed by atoms with E-state index in [4.69, 9.17) is 0 Å². The molecular formula is C15H29NO. The highest BCUT2D eigenvalue weighted by Crippen LogP contribution is 2.05. The van der Waals surface area contributed by atoms with Crippen molar-refractivity contribution in [3.63, 3.8) is 0 Å². The SMILES string of the molecule is CC.CC.CNC(=O)CCc1ccc(C)cc1.[HH]. The molecule has 100 valence electrons. The molecule has 17 heavy (non-hydrogen) atoms. The molecule has 0 spiro atoms. The lowest BCUT2D eigenvalue weighted by Crippen LogP contribution is -2.17. The molecule has 2 heteroatoms. The average Bonchev–Trinajstić information content (AvgIpc) is 2.42. The van der Waals surface area contributed by atoms with Crippen molar-refractivity contribution in [3.05, 3.63) is 35.4 Å². The number of aryl methyl sites for hydroxylation is 2. The van der Waals surface area contributed by atoms with Crippen molar-refractivity contribution in [1.82, 2.24) is 5.32 Å². The van der Waals surface area contributed by atoms with E-state index >= 15 is 0 Å². The van der Waals surface area contributed by atoms with Gasteiger partial charge in [0.15, 0.2) is 0 Å². The molecule has 0 aromatic heterocycles. The second-order valence-corrected chi connectivity index (χ2v) is 3.16. The third-order valence-electron chi connectivity index (χ3n) is 2.04. The number of carbonyl (C=O) groups is 1. The highest BCUT2D eigenvalue weighted by atomic mass is 16.1. The van der Waals surface area contributed by atoms with Gasteiger partial charge in [-0.3, -0.25) is 4.79 Å². The maximum absolute atomic E-state index is 10.9. The molecule has 0 aliphatic carbocycles. The van der Waals surface area contributed by atoms with Crippen LogP contribution in [0.5, 0.6) is 0 Å². The third-order valence-corrected chi connectivity index (χ3v) is 2.04. The Kier molecular flexibility index (Phi) is 13.6. The number of hydrogen-bond donors (Lipinski definition) is 1. The minimum atomic E-state index is 0. The smallest absolute Gasteiger partial charge is 0.220 e. The summed E-state index contributed by atoms with van der Waals surface area (Å²) in [5.41, 5.74) is 2.47. The Morgan fingerprint density at radius 3 is 2.00 bits per heavy atom. The van der Waals surface area contributed by atoms with Crippen LogP contribution in [0.15, 0.2) is 24.3 Å². The van der Waals surface area contributed by atoms with Gasteiger partial charge in [-0.25, -0.2) is 0 Å². The van der Waals surface area contributed by atoms with Crippen molar-refractivity contribution < 1.29 is 6.22 Å². The van der Waals surface area contributed by atoms with Crippen LogP contribution in [0.4, 0.5) is 0 Å². The number of nitrogens with one attached hydrogen (secondary N) is 1. The number of hydrogen-bond acceptors (Lipinski definition) is 1. The van der Waals surface area contributed by atoms with E-state index in [9.17, 15) is 4.79 Å². The number of amides is 1. The molecule has 0 atom stereocenters. The summed E-state index contributed by atoms with van der Waals surface area (Å²) < 4.78 is 0. The Labute approximate surface area is 108 Å². The van der Waals surface area contributed by atoms with Gasteiger partial charge in [0, 0.05) is 14.9 Å². The van der Waals surface area contributed by atoms with Gasteiger partial charge in [-0.05, 0) is 18.9 Å². The molecule has 0 saturated carbocycles. The lowest BCUT2D eigenvalue weighted by atomic mass is 10.1. The van der Waals surface area contributed by atoms with Crippen molar-refractivity contribution in [2.24, 2.45) is 0 Å². The van der Waals surface area contributed by atoms with Gasteiger partial charge in [-0.15, -0.1) is 0 Å². The monoisotopic (exact) mass is 239 g/mol. The van der Waals surface area contributed by atoms with Crippen molar-refractivity contribution in [1.29, 1.82) is 0 Å². The lowest BCUT2D eigenvalue weighted by molar-refractivity contribution is -0.120. The first kappa shape index (κ1) is 18.1. The Morgan fingerprint density at radius 2 is 1.59 bits per heavy atom. The fourth-order valence-corrected chi connectivity index (χ4v) is 1.14. The Morgan fingerprint density at radius 1 is 1.12 bits per heavy atom. The standard InChI is InChI=1S/C11H15NO.2C2H6.H2/c1-9-3-5-10(6-4-9)7-8-11(13)12-2;2*1-2;/h3-6H,7-8H2,1-2H3,(H,12,13);2*1-2H3;1H. The predicted molar refractivity (Wildman–Crippen MR) is 78.4 cm³/mol. The molecule has 2 nitrogen and oxygen atoms in total. The van der Waals surface area contributed by atoms with E-state index in [1.54, 1.807) is 7.05 Å². The van der Waals surface area contributed by atoms with Gasteiger partial charge >= 0.3 is 0 Å². The van der Waals surface area contributed by atoms with Crippen LogP contribution in [-0.4, -0.2) is 13.0 Å². The number of rotatable bonds is 3. The highest BCUT2D eigenvalue weighted by molar-refractivity contribution is 5.75. The normalized spacial score (nSPS) is 8.12. The van der Waals surface area contributed by atoms with E-state index in [2.05, 4.69) is 36.5 Å². The minimum Gasteiger partial charge on any atom is -0.359 e. The molecule has 0 aliphatic rings. The van der Waals surface area contributed by atoms with E-state index in [0.717, 1.165) is 6.42 Å². The maximum Gasteiger partial charge on any atom is 0.220 e. The Bertz CT molecular complexity index is 283. The summed E-state index contributed by atoms with van der Waals surface area (Å²) in [5, 5.41) is 2.61. The Balaban J connectivity index is -0.000000409. The second kappa shape index (κ2) is 12.8. The zero-order valence-electron chi connectivity index (χ0n) is 12.1. The molecule has 1 rings (SSSR count). The van der Waals surface area contributed by atoms with Crippen molar-refractivity contribution in [3.8, 4) is 0 Å². The molecule has 0 radical (unpaired) electrons. The summed E-state index contributed by atoms with van der Waals surface area (Å²) in [5.74, 6) is 0.0978. The first-order chi connectivity index (χ1) is 8.22. The molecule has 0 aliphatic heterocycles. The minimum absolute atomic E-state index is 0. The summed E-state index contributed by atoms with van der Waals surface area (Å²) in [6.07, 6.45) is 1.39. The van der Waals surface area contributed by atoms with Crippen LogP contribution >= 0.6 is 0 Å². The van der Waals surface area contributed by atoms with E-state index < -0.39 is 0 Å². The largest absolute Gasteiger partial charge is 0.359 e. The molecule has 1 amide bonds. The first-order valence-electron chi connectivity index (χ1n) is 6.48. The molecule has 0 saturated heterocycles. The predicted octanol–water partition coefficient (Wildman–Crippen LogP) is 3.97. The van der Waals surface area contributed by atoms with Gasteiger partial charge in [0.25, 0.3) is 0 Å². The van der Waals surface area contributed by atoms with Crippen molar-refractivity contribution in [2.75, 3.05) is 7.05 Å². The highest BCUT2D eigenvalue weighted by Gasteiger charge is 1.98. The van der Waals surface area contributed by atoms with Crippen LogP contribution in [0.1, 0.15) is 46.7 Å². The summed E-state index contributed by atoms with van der Waals surface area (Å²) >= 11 is 0. The van der Waals surface area contributed by atoms with Crippen LogP contribution in [0.2, 0.25) is 0 Å². The molecule has 1 N–H and O–H groups in total. The molecule has 0 fully saturated rings. The molecule has 0 bridgehead atoms. The van der Waals surface area contributed by atoms with Crippen molar-refractivity contribution in [2.45, 2.75) is 47.5 Å². The third kappa shape index (κ3) is 9.61. The summed E-state index contributed by atoms with van der Waals surface area (Å²) in [7, 11) is 1.66. The van der Waals surface area contributed by atoms with Crippen molar-refractivity contribution >= 4 is 5.91 Å². The quantitative estimate of drug-likeness (QED) is 0.849. The van der Waals surface area contributed by atoms with E-state index in [-0.39, 0.29) is 7.33 Å². The molecule has 0 unspecified atom stereocenters. The molecule has 0 heterocycles. The average molecular weight is 239 g/mol. The second-order valence-electron chi connectivity index (χ2n) is 3.16. The lowest BCUT2D eigenvalue weighted by Gasteiger charge is -2.00. The summed E-state index contributed by atoms with van der Waals surface area (Å²) in [4.78, 5) is 10.9.